The fourth-order valence-corrected chi connectivity index (χ4v) is 1.83. The Morgan fingerprint density at radius 1 is 1.27 bits per heavy atom. The second kappa shape index (κ2) is 4.69. The summed E-state index contributed by atoms with van der Waals surface area (Å²) >= 11 is 11.9. The predicted octanol–water partition coefficient (Wildman–Crippen LogP) is 3.32. The Morgan fingerprint density at radius 3 is 2.80 bits per heavy atom. The number of imidazole rings is 1. The lowest BCUT2D eigenvalue weighted by molar-refractivity contribution is 0.765. The summed E-state index contributed by atoms with van der Waals surface area (Å²) in [7, 11) is 0. The Hall–Kier alpha value is -0.990. The maximum absolute atomic E-state index is 6.07. The molecule has 2 aromatic rings. The van der Waals surface area contributed by atoms with Crippen LogP contribution < -0.4 is 0 Å². The first-order valence-corrected chi connectivity index (χ1v) is 5.51. The molecule has 0 aliphatic rings. The van der Waals surface area contributed by atoms with Gasteiger partial charge in [-0.1, -0.05) is 29.8 Å². The number of hydrogen-bond acceptors (Lipinski definition) is 1. The maximum atomic E-state index is 6.07. The quantitative estimate of drug-likeness (QED) is 0.753. The molecule has 0 spiro atoms. The molecule has 0 saturated carbocycles. The zero-order valence-electron chi connectivity index (χ0n) is 8.03. The van der Waals surface area contributed by atoms with Crippen LogP contribution in [0.2, 0.25) is 5.02 Å². The fourth-order valence-electron chi connectivity index (χ4n) is 1.41. The van der Waals surface area contributed by atoms with Gasteiger partial charge in [-0.15, -0.1) is 11.6 Å². The van der Waals surface area contributed by atoms with Crippen molar-refractivity contribution in [3.05, 3.63) is 53.1 Å². The van der Waals surface area contributed by atoms with Crippen LogP contribution in [0.15, 0.2) is 36.8 Å². The molecule has 1 aromatic carbocycles. The van der Waals surface area contributed by atoms with Crippen LogP contribution in [0.4, 0.5) is 0 Å². The van der Waals surface area contributed by atoms with Crippen LogP contribution in [0.5, 0.6) is 0 Å². The standard InChI is InChI=1S/C11H10Cl2N2/c12-5-10-6-14-8-15(10)7-9-3-1-2-4-11(9)13/h1-4,6,8H,5,7H2. The number of halogens is 2. The summed E-state index contributed by atoms with van der Waals surface area (Å²) in [5, 5.41) is 0.770. The molecule has 0 radical (unpaired) electrons. The highest BCUT2D eigenvalue weighted by Gasteiger charge is 2.03. The SMILES string of the molecule is ClCc1cncn1Cc1ccccc1Cl. The van der Waals surface area contributed by atoms with Crippen LogP contribution in [-0.2, 0) is 12.4 Å². The molecule has 0 amide bonds. The lowest BCUT2D eigenvalue weighted by Crippen LogP contribution is -2.02. The number of hydrogen-bond donors (Lipinski definition) is 0. The fraction of sp³-hybridized carbons (Fsp3) is 0.182. The summed E-state index contributed by atoms with van der Waals surface area (Å²) < 4.78 is 1.99. The Balaban J connectivity index is 2.26. The van der Waals surface area contributed by atoms with Gasteiger partial charge in [0.15, 0.2) is 0 Å². The molecular formula is C11H10Cl2N2. The van der Waals surface area contributed by atoms with E-state index in [9.17, 15) is 0 Å². The summed E-state index contributed by atoms with van der Waals surface area (Å²) in [6.45, 7) is 0.710. The lowest BCUT2D eigenvalue weighted by Gasteiger charge is -2.07. The highest BCUT2D eigenvalue weighted by atomic mass is 35.5. The van der Waals surface area contributed by atoms with Crippen molar-refractivity contribution in [2.75, 3.05) is 0 Å². The Labute approximate surface area is 98.5 Å². The number of rotatable bonds is 3. The summed E-state index contributed by atoms with van der Waals surface area (Å²) in [5.41, 5.74) is 2.07. The van der Waals surface area contributed by atoms with Gasteiger partial charge in [0.05, 0.1) is 24.4 Å². The van der Waals surface area contributed by atoms with Crippen LogP contribution in [0.3, 0.4) is 0 Å². The van der Waals surface area contributed by atoms with E-state index in [1.54, 1.807) is 12.5 Å². The van der Waals surface area contributed by atoms with Gasteiger partial charge in [-0.25, -0.2) is 4.98 Å². The summed E-state index contributed by atoms with van der Waals surface area (Å²) in [5.74, 6) is 0.463. The van der Waals surface area contributed by atoms with Gasteiger partial charge in [-0.3, -0.25) is 0 Å². The zero-order chi connectivity index (χ0) is 10.7. The van der Waals surface area contributed by atoms with Crippen molar-refractivity contribution in [1.82, 2.24) is 9.55 Å². The molecule has 4 heteroatoms. The van der Waals surface area contributed by atoms with Gasteiger partial charge in [0.2, 0.25) is 0 Å². The Bertz CT molecular complexity index is 451. The van der Waals surface area contributed by atoms with E-state index in [0.717, 1.165) is 16.3 Å². The van der Waals surface area contributed by atoms with Crippen molar-refractivity contribution in [2.45, 2.75) is 12.4 Å². The topological polar surface area (TPSA) is 17.8 Å². The third kappa shape index (κ3) is 2.33. The maximum Gasteiger partial charge on any atom is 0.0951 e. The van der Waals surface area contributed by atoms with Gasteiger partial charge in [0.1, 0.15) is 0 Å². The van der Waals surface area contributed by atoms with Crippen LogP contribution >= 0.6 is 23.2 Å². The van der Waals surface area contributed by atoms with Gasteiger partial charge in [-0.2, -0.15) is 0 Å². The van der Waals surface area contributed by atoms with Crippen molar-refractivity contribution in [3.63, 3.8) is 0 Å². The normalized spacial score (nSPS) is 10.5. The average molecular weight is 241 g/mol. The molecule has 2 rings (SSSR count). The molecule has 15 heavy (non-hydrogen) atoms. The molecule has 0 aliphatic heterocycles. The largest absolute Gasteiger partial charge is 0.329 e. The minimum absolute atomic E-state index is 0.463. The summed E-state index contributed by atoms with van der Waals surface area (Å²) in [4.78, 5) is 4.05. The molecule has 0 aliphatic carbocycles. The number of aromatic nitrogens is 2. The van der Waals surface area contributed by atoms with Gasteiger partial charge >= 0.3 is 0 Å². The highest BCUT2D eigenvalue weighted by Crippen LogP contribution is 2.17. The van der Waals surface area contributed by atoms with Gasteiger partial charge in [0, 0.05) is 11.2 Å². The van der Waals surface area contributed by atoms with Crippen molar-refractivity contribution in [2.24, 2.45) is 0 Å². The van der Waals surface area contributed by atoms with Gasteiger partial charge < -0.3 is 4.57 Å². The number of nitrogens with zero attached hydrogens (tertiary/aromatic N) is 2. The average Bonchev–Trinajstić information content (AvgIpc) is 2.69. The van der Waals surface area contributed by atoms with E-state index in [4.69, 9.17) is 23.2 Å². The second-order valence-corrected chi connectivity index (χ2v) is 3.91. The van der Waals surface area contributed by atoms with E-state index >= 15 is 0 Å². The highest BCUT2D eigenvalue weighted by molar-refractivity contribution is 6.31. The molecule has 1 aromatic heterocycles. The molecule has 0 atom stereocenters. The molecule has 2 nitrogen and oxygen atoms in total. The minimum atomic E-state index is 0.463. The molecule has 0 bridgehead atoms. The summed E-state index contributed by atoms with van der Waals surface area (Å²) in [6, 6.07) is 7.77. The van der Waals surface area contributed by atoms with E-state index < -0.39 is 0 Å². The number of alkyl halides is 1. The first-order chi connectivity index (χ1) is 7.31. The van der Waals surface area contributed by atoms with E-state index in [1.165, 1.54) is 0 Å². The Kier molecular flexibility index (Phi) is 3.29. The van der Waals surface area contributed by atoms with Crippen molar-refractivity contribution in [3.8, 4) is 0 Å². The van der Waals surface area contributed by atoms with E-state index in [-0.39, 0.29) is 0 Å². The van der Waals surface area contributed by atoms with Crippen LogP contribution in [0, 0.1) is 0 Å². The van der Waals surface area contributed by atoms with E-state index in [0.29, 0.717) is 12.4 Å². The van der Waals surface area contributed by atoms with Crippen molar-refractivity contribution >= 4 is 23.2 Å². The lowest BCUT2D eigenvalue weighted by atomic mass is 10.2. The molecule has 1 heterocycles. The molecule has 0 fully saturated rings. The smallest absolute Gasteiger partial charge is 0.0951 e. The summed E-state index contributed by atoms with van der Waals surface area (Å²) in [6.07, 6.45) is 3.53. The van der Waals surface area contributed by atoms with E-state index in [1.807, 2.05) is 28.8 Å². The molecule has 0 N–H and O–H groups in total. The second-order valence-electron chi connectivity index (χ2n) is 3.24. The van der Waals surface area contributed by atoms with Crippen molar-refractivity contribution < 1.29 is 0 Å². The third-order valence-electron chi connectivity index (χ3n) is 2.23. The van der Waals surface area contributed by atoms with Crippen LogP contribution in [0.1, 0.15) is 11.3 Å². The molecule has 78 valence electrons. The predicted molar refractivity (Wildman–Crippen MR) is 62.3 cm³/mol. The first-order valence-electron chi connectivity index (χ1n) is 4.59. The molecule has 0 unspecified atom stereocenters. The third-order valence-corrected chi connectivity index (χ3v) is 2.88. The van der Waals surface area contributed by atoms with Gasteiger partial charge in [-0.05, 0) is 11.6 Å². The molecule has 0 saturated heterocycles. The van der Waals surface area contributed by atoms with Crippen LogP contribution in [0.25, 0.3) is 0 Å². The minimum Gasteiger partial charge on any atom is -0.329 e. The zero-order valence-corrected chi connectivity index (χ0v) is 9.54. The number of benzene rings is 1. The first kappa shape index (κ1) is 10.5. The van der Waals surface area contributed by atoms with Crippen molar-refractivity contribution in [1.29, 1.82) is 0 Å². The van der Waals surface area contributed by atoms with Crippen LogP contribution in [-0.4, -0.2) is 9.55 Å². The molecular weight excluding hydrogens is 231 g/mol. The van der Waals surface area contributed by atoms with E-state index in [2.05, 4.69) is 4.98 Å². The monoisotopic (exact) mass is 240 g/mol. The van der Waals surface area contributed by atoms with Gasteiger partial charge in [0.25, 0.3) is 0 Å². The Morgan fingerprint density at radius 2 is 2.07 bits per heavy atom.